The SMILES string of the molecule is Cc1cc(C(=O)COC(=O)c2cccc(C#N)c2)c(C)n1-c1cccc(F)c1. The van der Waals surface area contributed by atoms with Gasteiger partial charge in [-0.1, -0.05) is 12.1 Å². The second-order valence-electron chi connectivity index (χ2n) is 6.29. The van der Waals surface area contributed by atoms with Crippen LogP contribution in [0.25, 0.3) is 5.69 Å². The van der Waals surface area contributed by atoms with Gasteiger partial charge in [-0.15, -0.1) is 0 Å². The number of Topliss-reactive ketones (excluding diaryl/α,β-unsaturated/α-hetero) is 1. The molecule has 1 aromatic heterocycles. The number of carbonyl (C=O) groups excluding carboxylic acids is 2. The highest BCUT2D eigenvalue weighted by Crippen LogP contribution is 2.22. The van der Waals surface area contributed by atoms with E-state index >= 15 is 0 Å². The maximum Gasteiger partial charge on any atom is 0.338 e. The minimum Gasteiger partial charge on any atom is -0.454 e. The van der Waals surface area contributed by atoms with Crippen LogP contribution >= 0.6 is 0 Å². The van der Waals surface area contributed by atoms with E-state index in [1.165, 1.54) is 24.3 Å². The van der Waals surface area contributed by atoms with E-state index in [1.54, 1.807) is 41.8 Å². The number of nitrogens with zero attached hydrogens (tertiary/aromatic N) is 2. The van der Waals surface area contributed by atoms with E-state index in [0.717, 1.165) is 5.69 Å². The lowest BCUT2D eigenvalue weighted by Crippen LogP contribution is -2.15. The van der Waals surface area contributed by atoms with Crippen molar-refractivity contribution in [2.45, 2.75) is 13.8 Å². The molecule has 0 N–H and O–H groups in total. The molecule has 0 atom stereocenters. The number of ether oxygens (including phenoxy) is 1. The minimum absolute atomic E-state index is 0.206. The monoisotopic (exact) mass is 376 g/mol. The Morgan fingerprint density at radius 2 is 1.86 bits per heavy atom. The van der Waals surface area contributed by atoms with Crippen molar-refractivity contribution < 1.29 is 18.7 Å². The molecule has 5 nitrogen and oxygen atoms in total. The molecule has 0 aliphatic heterocycles. The second-order valence-corrected chi connectivity index (χ2v) is 6.29. The largest absolute Gasteiger partial charge is 0.454 e. The first kappa shape index (κ1) is 19.1. The Morgan fingerprint density at radius 1 is 1.11 bits per heavy atom. The topological polar surface area (TPSA) is 72.1 Å². The molecule has 140 valence electrons. The van der Waals surface area contributed by atoms with Crippen molar-refractivity contribution in [2.75, 3.05) is 6.61 Å². The Hall–Kier alpha value is -3.72. The van der Waals surface area contributed by atoms with Crippen LogP contribution in [0.15, 0.2) is 54.6 Å². The van der Waals surface area contributed by atoms with E-state index in [0.29, 0.717) is 22.5 Å². The number of ketones is 1. The normalized spacial score (nSPS) is 10.4. The number of aryl methyl sites for hydroxylation is 1. The van der Waals surface area contributed by atoms with Gasteiger partial charge in [-0.25, -0.2) is 9.18 Å². The van der Waals surface area contributed by atoms with Crippen molar-refractivity contribution in [2.24, 2.45) is 0 Å². The number of carbonyl (C=O) groups is 2. The van der Waals surface area contributed by atoms with Crippen LogP contribution in [-0.4, -0.2) is 22.9 Å². The standard InChI is InChI=1S/C22H17FN2O3/c1-14-9-20(15(2)25(14)19-8-4-7-18(23)11-19)21(26)13-28-22(27)17-6-3-5-16(10-17)12-24/h3-11H,13H2,1-2H3. The van der Waals surface area contributed by atoms with Gasteiger partial charge in [0, 0.05) is 22.6 Å². The Labute approximate surface area is 161 Å². The Bertz CT molecular complexity index is 1110. The third kappa shape index (κ3) is 3.84. The zero-order chi connectivity index (χ0) is 20.3. The summed E-state index contributed by atoms with van der Waals surface area (Å²) in [6.45, 7) is 3.14. The average Bonchev–Trinajstić information content (AvgIpc) is 3.00. The molecule has 0 fully saturated rings. The summed E-state index contributed by atoms with van der Waals surface area (Å²) in [6, 6.07) is 15.8. The van der Waals surface area contributed by atoms with Gasteiger partial charge in [0.1, 0.15) is 5.82 Å². The zero-order valence-electron chi connectivity index (χ0n) is 15.4. The molecule has 0 radical (unpaired) electrons. The molecule has 0 unspecified atom stereocenters. The van der Waals surface area contributed by atoms with E-state index in [-0.39, 0.29) is 17.2 Å². The summed E-state index contributed by atoms with van der Waals surface area (Å²) in [4.78, 5) is 24.7. The molecule has 28 heavy (non-hydrogen) atoms. The third-order valence-corrected chi connectivity index (χ3v) is 4.36. The molecule has 3 aromatic rings. The van der Waals surface area contributed by atoms with Gasteiger partial charge in [-0.05, 0) is 56.3 Å². The minimum atomic E-state index is -0.676. The summed E-state index contributed by atoms with van der Waals surface area (Å²) in [5, 5.41) is 8.90. The maximum absolute atomic E-state index is 13.5. The molecule has 0 bridgehead atoms. The molecule has 3 rings (SSSR count). The van der Waals surface area contributed by atoms with E-state index in [9.17, 15) is 14.0 Å². The van der Waals surface area contributed by atoms with Crippen LogP contribution < -0.4 is 0 Å². The summed E-state index contributed by atoms with van der Waals surface area (Å²) in [5.74, 6) is -1.41. The number of hydrogen-bond acceptors (Lipinski definition) is 4. The van der Waals surface area contributed by atoms with Crippen molar-refractivity contribution >= 4 is 11.8 Å². The van der Waals surface area contributed by atoms with E-state index < -0.39 is 12.6 Å². The first-order valence-corrected chi connectivity index (χ1v) is 8.56. The summed E-state index contributed by atoms with van der Waals surface area (Å²) < 4.78 is 20.4. The van der Waals surface area contributed by atoms with Crippen molar-refractivity contribution in [3.63, 3.8) is 0 Å². The van der Waals surface area contributed by atoms with Crippen LogP contribution in [0.2, 0.25) is 0 Å². The molecule has 2 aromatic carbocycles. The maximum atomic E-state index is 13.5. The highest BCUT2D eigenvalue weighted by molar-refractivity contribution is 6.00. The van der Waals surface area contributed by atoms with Crippen molar-refractivity contribution in [1.82, 2.24) is 4.57 Å². The van der Waals surface area contributed by atoms with Gasteiger partial charge < -0.3 is 9.30 Å². The van der Waals surface area contributed by atoms with Crippen molar-refractivity contribution in [3.8, 4) is 11.8 Å². The molecular formula is C22H17FN2O3. The molecule has 0 saturated carbocycles. The Morgan fingerprint density at radius 3 is 2.57 bits per heavy atom. The predicted octanol–water partition coefficient (Wildman–Crippen LogP) is 4.14. The third-order valence-electron chi connectivity index (χ3n) is 4.36. The number of halogens is 1. The number of aromatic nitrogens is 1. The zero-order valence-corrected chi connectivity index (χ0v) is 15.4. The second kappa shape index (κ2) is 7.89. The molecule has 0 aliphatic carbocycles. The first-order valence-electron chi connectivity index (χ1n) is 8.56. The van der Waals surface area contributed by atoms with Crippen LogP contribution in [0, 0.1) is 31.0 Å². The van der Waals surface area contributed by atoms with Crippen molar-refractivity contribution in [3.05, 3.63) is 88.5 Å². The van der Waals surface area contributed by atoms with Gasteiger partial charge in [-0.2, -0.15) is 5.26 Å². The summed E-state index contributed by atoms with van der Waals surface area (Å²) in [6.07, 6.45) is 0. The summed E-state index contributed by atoms with van der Waals surface area (Å²) in [7, 11) is 0. The van der Waals surface area contributed by atoms with Crippen LogP contribution in [0.5, 0.6) is 0 Å². The highest BCUT2D eigenvalue weighted by Gasteiger charge is 2.19. The van der Waals surface area contributed by atoms with Gasteiger partial charge in [0.05, 0.1) is 17.2 Å². The smallest absolute Gasteiger partial charge is 0.338 e. The number of nitriles is 1. The predicted molar refractivity (Wildman–Crippen MR) is 101 cm³/mol. The molecule has 1 heterocycles. The van der Waals surface area contributed by atoms with Gasteiger partial charge in [-0.3, -0.25) is 4.79 Å². The van der Waals surface area contributed by atoms with Crippen molar-refractivity contribution in [1.29, 1.82) is 5.26 Å². The van der Waals surface area contributed by atoms with Gasteiger partial charge in [0.25, 0.3) is 0 Å². The molecule has 6 heteroatoms. The first-order chi connectivity index (χ1) is 13.4. The number of benzene rings is 2. The molecule has 0 saturated heterocycles. The number of esters is 1. The van der Waals surface area contributed by atoms with Crippen LogP contribution in [0.4, 0.5) is 4.39 Å². The van der Waals surface area contributed by atoms with E-state index in [1.807, 2.05) is 13.0 Å². The summed E-state index contributed by atoms with van der Waals surface area (Å²) >= 11 is 0. The van der Waals surface area contributed by atoms with Gasteiger partial charge in [0.15, 0.2) is 6.61 Å². The molecule has 0 spiro atoms. The molecular weight excluding hydrogens is 359 g/mol. The Balaban J connectivity index is 1.77. The Kier molecular flexibility index (Phi) is 5.37. The molecule has 0 aliphatic rings. The number of rotatable bonds is 5. The lowest BCUT2D eigenvalue weighted by Gasteiger charge is -2.10. The van der Waals surface area contributed by atoms with E-state index in [4.69, 9.17) is 10.00 Å². The fraction of sp³-hybridized carbons (Fsp3) is 0.136. The van der Waals surface area contributed by atoms with Crippen LogP contribution in [0.3, 0.4) is 0 Å². The van der Waals surface area contributed by atoms with Crippen LogP contribution in [-0.2, 0) is 4.74 Å². The summed E-state index contributed by atoms with van der Waals surface area (Å²) in [5.41, 5.74) is 2.95. The number of hydrogen-bond donors (Lipinski definition) is 0. The lowest BCUT2D eigenvalue weighted by atomic mass is 10.1. The molecule has 0 amide bonds. The highest BCUT2D eigenvalue weighted by atomic mass is 19.1. The van der Waals surface area contributed by atoms with Crippen LogP contribution in [0.1, 0.15) is 37.7 Å². The van der Waals surface area contributed by atoms with E-state index in [2.05, 4.69) is 0 Å². The van der Waals surface area contributed by atoms with Gasteiger partial charge >= 0.3 is 5.97 Å². The fourth-order valence-corrected chi connectivity index (χ4v) is 3.07. The average molecular weight is 376 g/mol. The van der Waals surface area contributed by atoms with Gasteiger partial charge in [0.2, 0.25) is 5.78 Å². The quantitative estimate of drug-likeness (QED) is 0.495. The lowest BCUT2D eigenvalue weighted by molar-refractivity contribution is 0.0474. The fourth-order valence-electron chi connectivity index (χ4n) is 3.07.